The largest absolute Gasteiger partial charge is 0.497 e. The molecule has 0 radical (unpaired) electrons. The maximum Gasteiger partial charge on any atom is 0.119 e. The van der Waals surface area contributed by atoms with Crippen LogP contribution in [0.25, 0.3) is 0 Å². The van der Waals surface area contributed by atoms with E-state index in [-0.39, 0.29) is 0 Å². The molecule has 2 aliphatic carbocycles. The van der Waals surface area contributed by atoms with Gasteiger partial charge in [0.25, 0.3) is 0 Å². The predicted octanol–water partition coefficient (Wildman–Crippen LogP) is 2.93. The molecule has 0 aromatic heterocycles. The van der Waals surface area contributed by atoms with Crippen molar-refractivity contribution in [2.75, 3.05) is 7.11 Å². The molecule has 1 unspecified atom stereocenters. The first kappa shape index (κ1) is 13.9. The van der Waals surface area contributed by atoms with Crippen LogP contribution in [0.2, 0.25) is 0 Å². The number of methoxy groups -OCH3 is 1. The monoisotopic (exact) mass is 274 g/mol. The summed E-state index contributed by atoms with van der Waals surface area (Å²) in [5, 5.41) is 3.87. The number of nitrogens with two attached hydrogens (primary N) is 1. The van der Waals surface area contributed by atoms with Crippen LogP contribution in [0.3, 0.4) is 0 Å². The lowest BCUT2D eigenvalue weighted by atomic mass is 9.85. The third kappa shape index (κ3) is 2.99. The predicted molar refractivity (Wildman–Crippen MR) is 82.0 cm³/mol. The zero-order valence-corrected chi connectivity index (χ0v) is 12.4. The molecule has 0 saturated heterocycles. The average Bonchev–Trinajstić information content (AvgIpc) is 2.49. The molecule has 3 rings (SSSR count). The van der Waals surface area contributed by atoms with Crippen molar-refractivity contribution < 1.29 is 4.74 Å². The summed E-state index contributed by atoms with van der Waals surface area (Å²) in [7, 11) is 1.75. The summed E-state index contributed by atoms with van der Waals surface area (Å²) >= 11 is 0. The molecule has 2 aliphatic rings. The van der Waals surface area contributed by atoms with Gasteiger partial charge in [0.2, 0.25) is 0 Å². The third-order valence-electron chi connectivity index (χ3n) is 4.88. The summed E-state index contributed by atoms with van der Waals surface area (Å²) in [5.41, 5.74) is 8.94. The summed E-state index contributed by atoms with van der Waals surface area (Å²) < 4.78 is 5.39. The van der Waals surface area contributed by atoms with E-state index in [1.165, 1.54) is 43.2 Å². The minimum atomic E-state index is 0.423. The molecule has 0 spiro atoms. The van der Waals surface area contributed by atoms with Gasteiger partial charge in [-0.15, -0.1) is 0 Å². The second-order valence-corrected chi connectivity index (χ2v) is 6.29. The molecule has 1 atom stereocenters. The van der Waals surface area contributed by atoms with Crippen LogP contribution < -0.4 is 15.8 Å². The molecule has 3 heteroatoms. The number of benzene rings is 1. The Balaban J connectivity index is 1.72. The van der Waals surface area contributed by atoms with E-state index in [1.807, 2.05) is 0 Å². The van der Waals surface area contributed by atoms with Gasteiger partial charge in [-0.25, -0.2) is 0 Å². The topological polar surface area (TPSA) is 47.3 Å². The van der Waals surface area contributed by atoms with Crippen molar-refractivity contribution in [3.05, 3.63) is 29.3 Å². The second-order valence-electron chi connectivity index (χ2n) is 6.29. The van der Waals surface area contributed by atoms with Gasteiger partial charge in [0.1, 0.15) is 5.75 Å². The first-order chi connectivity index (χ1) is 9.76. The Morgan fingerprint density at radius 1 is 1.15 bits per heavy atom. The zero-order chi connectivity index (χ0) is 13.9. The van der Waals surface area contributed by atoms with E-state index in [0.717, 1.165) is 18.6 Å². The normalized spacial score (nSPS) is 29.8. The number of nitrogens with one attached hydrogen (secondary N) is 1. The highest BCUT2D eigenvalue weighted by atomic mass is 16.5. The van der Waals surface area contributed by atoms with Gasteiger partial charge in [-0.1, -0.05) is 6.07 Å². The van der Waals surface area contributed by atoms with E-state index in [9.17, 15) is 0 Å². The Kier molecular flexibility index (Phi) is 4.27. The Morgan fingerprint density at radius 2 is 1.95 bits per heavy atom. The molecule has 20 heavy (non-hydrogen) atoms. The van der Waals surface area contributed by atoms with E-state index >= 15 is 0 Å². The van der Waals surface area contributed by atoms with Crippen LogP contribution in [0, 0.1) is 0 Å². The van der Waals surface area contributed by atoms with Gasteiger partial charge in [-0.2, -0.15) is 0 Å². The molecule has 1 aromatic rings. The van der Waals surface area contributed by atoms with Crippen LogP contribution in [-0.4, -0.2) is 19.2 Å². The van der Waals surface area contributed by atoms with Crippen molar-refractivity contribution in [1.82, 2.24) is 5.32 Å². The highest BCUT2D eigenvalue weighted by Gasteiger charge is 2.25. The maximum atomic E-state index is 6.00. The van der Waals surface area contributed by atoms with Crippen molar-refractivity contribution in [2.24, 2.45) is 5.73 Å². The first-order valence-corrected chi connectivity index (χ1v) is 7.94. The molecule has 110 valence electrons. The number of ether oxygens (including phenoxy) is 1. The second kappa shape index (κ2) is 6.15. The van der Waals surface area contributed by atoms with Crippen LogP contribution in [0.1, 0.15) is 55.7 Å². The quantitative estimate of drug-likeness (QED) is 0.891. The van der Waals surface area contributed by atoms with Crippen molar-refractivity contribution in [2.45, 2.75) is 63.1 Å². The lowest BCUT2D eigenvalue weighted by Crippen LogP contribution is -2.40. The van der Waals surface area contributed by atoms with Crippen molar-refractivity contribution in [3.63, 3.8) is 0 Å². The van der Waals surface area contributed by atoms with Gasteiger partial charge >= 0.3 is 0 Å². The van der Waals surface area contributed by atoms with Gasteiger partial charge in [-0.05, 0) is 68.2 Å². The average molecular weight is 274 g/mol. The number of fused-ring (bicyclic) bond motifs is 1. The SMILES string of the molecule is COc1ccc2c(c1)C(NC1CCC(N)CC1)CCC2. The molecule has 0 bridgehead atoms. The fourth-order valence-electron chi connectivity index (χ4n) is 3.65. The van der Waals surface area contributed by atoms with Gasteiger partial charge in [-0.3, -0.25) is 0 Å². The zero-order valence-electron chi connectivity index (χ0n) is 12.4. The molecule has 0 amide bonds. The van der Waals surface area contributed by atoms with Gasteiger partial charge in [0.15, 0.2) is 0 Å². The van der Waals surface area contributed by atoms with Crippen molar-refractivity contribution in [1.29, 1.82) is 0 Å². The molecule has 0 aliphatic heterocycles. The highest BCUT2D eigenvalue weighted by molar-refractivity contribution is 5.39. The highest BCUT2D eigenvalue weighted by Crippen LogP contribution is 2.33. The fourth-order valence-corrected chi connectivity index (χ4v) is 3.65. The molecular weight excluding hydrogens is 248 g/mol. The van der Waals surface area contributed by atoms with E-state index < -0.39 is 0 Å². The minimum absolute atomic E-state index is 0.423. The van der Waals surface area contributed by atoms with Crippen LogP contribution >= 0.6 is 0 Å². The van der Waals surface area contributed by atoms with Gasteiger partial charge < -0.3 is 15.8 Å². The Bertz CT molecular complexity index is 452. The Labute approximate surface area is 121 Å². The standard InChI is InChI=1S/C17H26N2O/c1-20-15-10-5-12-3-2-4-17(16(12)11-15)19-14-8-6-13(18)7-9-14/h5,10-11,13-14,17,19H,2-4,6-9,18H2,1H3. The molecule has 1 fully saturated rings. The lowest BCUT2D eigenvalue weighted by molar-refractivity contribution is 0.301. The van der Waals surface area contributed by atoms with Crippen LogP contribution in [0.15, 0.2) is 18.2 Å². The minimum Gasteiger partial charge on any atom is -0.497 e. The number of aryl methyl sites for hydroxylation is 1. The van der Waals surface area contributed by atoms with Crippen molar-refractivity contribution >= 4 is 0 Å². The van der Waals surface area contributed by atoms with E-state index in [4.69, 9.17) is 10.5 Å². The van der Waals surface area contributed by atoms with Gasteiger partial charge in [0.05, 0.1) is 7.11 Å². The van der Waals surface area contributed by atoms with Gasteiger partial charge in [0, 0.05) is 18.1 Å². The number of rotatable bonds is 3. The third-order valence-corrected chi connectivity index (χ3v) is 4.88. The van der Waals surface area contributed by atoms with Crippen LogP contribution in [0.5, 0.6) is 5.75 Å². The van der Waals surface area contributed by atoms with E-state index in [2.05, 4.69) is 23.5 Å². The molecule has 1 aromatic carbocycles. The van der Waals surface area contributed by atoms with Crippen molar-refractivity contribution in [3.8, 4) is 5.75 Å². The first-order valence-electron chi connectivity index (χ1n) is 7.94. The molecular formula is C17H26N2O. The molecule has 0 heterocycles. The summed E-state index contributed by atoms with van der Waals surface area (Å²) in [4.78, 5) is 0. The Hall–Kier alpha value is -1.06. The molecule has 3 N–H and O–H groups in total. The number of hydrogen-bond acceptors (Lipinski definition) is 3. The lowest BCUT2D eigenvalue weighted by Gasteiger charge is -2.34. The Morgan fingerprint density at radius 3 is 2.70 bits per heavy atom. The molecule has 3 nitrogen and oxygen atoms in total. The smallest absolute Gasteiger partial charge is 0.119 e. The number of hydrogen-bond donors (Lipinski definition) is 2. The van der Waals surface area contributed by atoms with Crippen LogP contribution in [0.4, 0.5) is 0 Å². The van der Waals surface area contributed by atoms with E-state index in [0.29, 0.717) is 18.1 Å². The van der Waals surface area contributed by atoms with Crippen LogP contribution in [-0.2, 0) is 6.42 Å². The molecule has 1 saturated carbocycles. The summed E-state index contributed by atoms with van der Waals surface area (Å²) in [6.45, 7) is 0. The summed E-state index contributed by atoms with van der Waals surface area (Å²) in [6, 6.07) is 8.09. The maximum absolute atomic E-state index is 6.00. The fraction of sp³-hybridized carbons (Fsp3) is 0.647. The summed E-state index contributed by atoms with van der Waals surface area (Å²) in [6.07, 6.45) is 8.48. The summed E-state index contributed by atoms with van der Waals surface area (Å²) in [5.74, 6) is 0.975. The van der Waals surface area contributed by atoms with E-state index in [1.54, 1.807) is 7.11 Å².